The van der Waals surface area contributed by atoms with E-state index >= 15 is 0 Å². The summed E-state index contributed by atoms with van der Waals surface area (Å²) in [5.74, 6) is -1.13. The number of hydrogen-bond acceptors (Lipinski definition) is 5. The Morgan fingerprint density at radius 2 is 1.93 bits per heavy atom. The van der Waals surface area contributed by atoms with Gasteiger partial charge in [0, 0.05) is 12.3 Å². The highest BCUT2D eigenvalue weighted by molar-refractivity contribution is 5.88. The van der Waals surface area contributed by atoms with Crippen molar-refractivity contribution in [1.29, 1.82) is 0 Å². The Balaban J connectivity index is 1.82. The molecular weight excluding hydrogens is 401 g/mol. The van der Waals surface area contributed by atoms with Crippen molar-refractivity contribution in [2.24, 2.45) is 0 Å². The number of aromatic carboxylic acids is 1. The maximum atomic E-state index is 13.4. The van der Waals surface area contributed by atoms with Crippen LogP contribution >= 0.6 is 0 Å². The third-order valence-corrected chi connectivity index (χ3v) is 4.12. The first-order valence-electron chi connectivity index (χ1n) is 8.94. The Morgan fingerprint density at radius 1 is 1.13 bits per heavy atom. The number of aromatic nitrogens is 2. The smallest absolute Gasteiger partial charge is 0.419 e. The molecule has 6 nitrogen and oxygen atoms in total. The van der Waals surface area contributed by atoms with Crippen molar-refractivity contribution in [3.8, 4) is 17.4 Å². The van der Waals surface area contributed by atoms with Gasteiger partial charge < -0.3 is 14.6 Å². The molecule has 156 valence electrons. The molecule has 0 spiro atoms. The number of carboxylic acid groups (broad SMARTS) is 1. The lowest BCUT2D eigenvalue weighted by Gasteiger charge is -2.21. The maximum absolute atomic E-state index is 13.4. The molecule has 0 saturated heterocycles. The summed E-state index contributed by atoms with van der Waals surface area (Å²) in [6.45, 7) is 1.74. The van der Waals surface area contributed by atoms with E-state index in [-0.39, 0.29) is 0 Å². The zero-order chi connectivity index (χ0) is 21.7. The summed E-state index contributed by atoms with van der Waals surface area (Å²) < 4.78 is 51.3. The van der Waals surface area contributed by atoms with Gasteiger partial charge in [-0.3, -0.25) is 4.98 Å². The van der Waals surface area contributed by atoms with Crippen molar-refractivity contribution in [1.82, 2.24) is 9.97 Å². The Morgan fingerprint density at radius 3 is 2.50 bits per heavy atom. The summed E-state index contributed by atoms with van der Waals surface area (Å²) in [5.41, 5.74) is -1.23. The van der Waals surface area contributed by atoms with Crippen LogP contribution in [0.3, 0.4) is 0 Å². The van der Waals surface area contributed by atoms with Crippen molar-refractivity contribution in [3.63, 3.8) is 0 Å². The van der Waals surface area contributed by atoms with Crippen LogP contribution < -0.4 is 9.47 Å². The highest BCUT2D eigenvalue weighted by atomic mass is 19.4. The fourth-order valence-corrected chi connectivity index (χ4v) is 2.66. The van der Waals surface area contributed by atoms with Crippen LogP contribution in [0.4, 0.5) is 13.2 Å². The molecule has 1 N–H and O–H groups in total. The quantitative estimate of drug-likeness (QED) is 0.544. The second-order valence-corrected chi connectivity index (χ2v) is 6.22. The van der Waals surface area contributed by atoms with Crippen molar-refractivity contribution in [2.75, 3.05) is 0 Å². The molecule has 0 radical (unpaired) electrons. The second kappa shape index (κ2) is 8.81. The van der Waals surface area contributed by atoms with E-state index in [9.17, 15) is 18.0 Å². The van der Waals surface area contributed by atoms with Gasteiger partial charge in [0.05, 0.1) is 23.0 Å². The van der Waals surface area contributed by atoms with Gasteiger partial charge in [-0.1, -0.05) is 13.0 Å². The fourth-order valence-electron chi connectivity index (χ4n) is 2.66. The summed E-state index contributed by atoms with van der Waals surface area (Å²) in [6, 6.07) is 11.0. The van der Waals surface area contributed by atoms with Crippen LogP contribution in [0.5, 0.6) is 17.4 Å². The third kappa shape index (κ3) is 5.05. The number of nitrogens with zero attached hydrogens (tertiary/aromatic N) is 2. The van der Waals surface area contributed by atoms with E-state index < -0.39 is 35.1 Å². The largest absolute Gasteiger partial charge is 0.484 e. The first kappa shape index (κ1) is 21.1. The SMILES string of the molecule is CC[C@@H](Oc1ccc(C(=O)O)cc1C(F)(F)F)c1ccc(Oc2ccccn2)cn1. The number of carboxylic acids is 1. The summed E-state index contributed by atoms with van der Waals surface area (Å²) >= 11 is 0. The molecule has 0 saturated carbocycles. The van der Waals surface area contributed by atoms with Crippen molar-refractivity contribution in [3.05, 3.63) is 77.7 Å². The van der Waals surface area contributed by atoms with Crippen LogP contribution in [0.25, 0.3) is 0 Å². The van der Waals surface area contributed by atoms with Gasteiger partial charge in [0.15, 0.2) is 0 Å². The van der Waals surface area contributed by atoms with Crippen LogP contribution in [0, 0.1) is 0 Å². The molecule has 0 unspecified atom stereocenters. The van der Waals surface area contributed by atoms with Gasteiger partial charge in [-0.2, -0.15) is 13.2 Å². The Bertz CT molecular complexity index is 1010. The van der Waals surface area contributed by atoms with E-state index in [4.69, 9.17) is 14.6 Å². The minimum absolute atomic E-state index is 0.339. The molecule has 3 rings (SSSR count). The zero-order valence-corrected chi connectivity index (χ0v) is 15.8. The van der Waals surface area contributed by atoms with E-state index in [0.717, 1.165) is 12.1 Å². The lowest BCUT2D eigenvalue weighted by atomic mass is 10.1. The predicted octanol–water partition coefficient (Wildman–Crippen LogP) is 5.52. The van der Waals surface area contributed by atoms with Gasteiger partial charge >= 0.3 is 12.1 Å². The van der Waals surface area contributed by atoms with Gasteiger partial charge in [-0.05, 0) is 42.8 Å². The normalized spacial score (nSPS) is 12.3. The number of benzene rings is 1. The van der Waals surface area contributed by atoms with Gasteiger partial charge in [-0.25, -0.2) is 9.78 Å². The number of hydrogen-bond donors (Lipinski definition) is 1. The van der Waals surface area contributed by atoms with E-state index in [0.29, 0.717) is 29.8 Å². The van der Waals surface area contributed by atoms with Crippen LogP contribution in [0.15, 0.2) is 60.9 Å². The standard InChI is InChI=1S/C21H17F3N2O4/c1-2-17(16-8-7-14(12-26-16)29-19-5-3-4-10-25-19)30-18-9-6-13(20(27)28)11-15(18)21(22,23)24/h3-12,17H,2H2,1H3,(H,27,28)/t17-/m1/s1. The van der Waals surface area contributed by atoms with Gasteiger partial charge in [0.1, 0.15) is 17.6 Å². The zero-order valence-electron chi connectivity index (χ0n) is 15.8. The predicted molar refractivity (Wildman–Crippen MR) is 101 cm³/mol. The molecule has 0 aliphatic heterocycles. The molecule has 0 aliphatic rings. The molecule has 1 atom stereocenters. The first-order chi connectivity index (χ1) is 14.3. The van der Waals surface area contributed by atoms with Crippen LogP contribution in [-0.4, -0.2) is 21.0 Å². The Hall–Kier alpha value is -3.62. The molecule has 2 aromatic heterocycles. The molecule has 0 amide bonds. The lowest BCUT2D eigenvalue weighted by molar-refractivity contribution is -0.139. The molecular formula is C21H17F3N2O4. The number of ether oxygens (including phenoxy) is 2. The monoisotopic (exact) mass is 418 g/mol. The highest BCUT2D eigenvalue weighted by Crippen LogP contribution is 2.39. The molecule has 0 fully saturated rings. The van der Waals surface area contributed by atoms with E-state index in [1.54, 1.807) is 43.5 Å². The van der Waals surface area contributed by atoms with Crippen LogP contribution in [0.1, 0.15) is 41.1 Å². The van der Waals surface area contributed by atoms with Crippen molar-refractivity contribution < 1.29 is 32.5 Å². The molecule has 0 aliphatic carbocycles. The molecule has 1 aromatic carbocycles. The van der Waals surface area contributed by atoms with Crippen molar-refractivity contribution >= 4 is 5.97 Å². The van der Waals surface area contributed by atoms with E-state index in [1.807, 2.05) is 0 Å². The summed E-state index contributed by atoms with van der Waals surface area (Å²) in [4.78, 5) is 19.3. The molecule has 3 aromatic rings. The summed E-state index contributed by atoms with van der Waals surface area (Å²) in [6.07, 6.45) is -2.20. The van der Waals surface area contributed by atoms with E-state index in [2.05, 4.69) is 9.97 Å². The Labute approximate surface area is 169 Å². The minimum atomic E-state index is -4.77. The van der Waals surface area contributed by atoms with Crippen LogP contribution in [0.2, 0.25) is 0 Å². The summed E-state index contributed by atoms with van der Waals surface area (Å²) in [7, 11) is 0. The maximum Gasteiger partial charge on any atom is 0.419 e. The Kier molecular flexibility index (Phi) is 6.20. The molecule has 9 heteroatoms. The molecule has 30 heavy (non-hydrogen) atoms. The number of rotatable bonds is 7. The average Bonchev–Trinajstić information content (AvgIpc) is 2.72. The van der Waals surface area contributed by atoms with Gasteiger partial charge in [0.25, 0.3) is 0 Å². The van der Waals surface area contributed by atoms with Gasteiger partial charge in [0.2, 0.25) is 5.88 Å². The number of pyridine rings is 2. The minimum Gasteiger partial charge on any atom is -0.484 e. The number of carbonyl (C=O) groups is 1. The van der Waals surface area contributed by atoms with E-state index in [1.165, 1.54) is 6.20 Å². The number of alkyl halides is 3. The molecule has 0 bridgehead atoms. The van der Waals surface area contributed by atoms with Gasteiger partial charge in [-0.15, -0.1) is 0 Å². The first-order valence-corrected chi connectivity index (χ1v) is 8.94. The second-order valence-electron chi connectivity index (χ2n) is 6.22. The molecule has 2 heterocycles. The van der Waals surface area contributed by atoms with Crippen LogP contribution in [-0.2, 0) is 6.18 Å². The topological polar surface area (TPSA) is 81.5 Å². The summed E-state index contributed by atoms with van der Waals surface area (Å²) in [5, 5.41) is 8.97. The third-order valence-electron chi connectivity index (χ3n) is 4.12. The number of halogens is 3. The fraction of sp³-hybridized carbons (Fsp3) is 0.190. The van der Waals surface area contributed by atoms with Crippen molar-refractivity contribution in [2.45, 2.75) is 25.6 Å². The lowest BCUT2D eigenvalue weighted by Crippen LogP contribution is -2.14. The average molecular weight is 418 g/mol. The highest BCUT2D eigenvalue weighted by Gasteiger charge is 2.36.